The van der Waals surface area contributed by atoms with Crippen LogP contribution in [0.2, 0.25) is 0 Å². The Hall–Kier alpha value is -1.15. The summed E-state index contributed by atoms with van der Waals surface area (Å²) < 4.78 is 0. The molecular formula is C12H17CaNO6. The van der Waals surface area contributed by atoms with Crippen LogP contribution in [-0.2, 0) is 14.4 Å². The van der Waals surface area contributed by atoms with Crippen LogP contribution < -0.4 is 10.2 Å². The van der Waals surface area contributed by atoms with E-state index < -0.39 is 18.9 Å². The second-order valence-corrected chi connectivity index (χ2v) is 2.98. The molecule has 0 aliphatic carbocycles. The Kier molecular flexibility index (Phi) is 36.0. The van der Waals surface area contributed by atoms with Crippen LogP contribution in [0.4, 0.5) is 0 Å². The second kappa shape index (κ2) is 26.4. The predicted molar refractivity (Wildman–Crippen MR) is 70.5 cm³/mol. The number of carboxylic acids is 1. The Bertz CT molecular complexity index is 275. The molecule has 1 N–H and O–H groups in total. The van der Waals surface area contributed by atoms with Crippen LogP contribution in [0, 0.1) is 0 Å². The third-order valence-corrected chi connectivity index (χ3v) is 1.12. The van der Waals surface area contributed by atoms with Gasteiger partial charge in [-0.3, -0.25) is 9.69 Å². The Morgan fingerprint density at radius 1 is 1.00 bits per heavy atom. The fourth-order valence-corrected chi connectivity index (χ4v) is 0.655. The van der Waals surface area contributed by atoms with Crippen LogP contribution in [-0.4, -0.2) is 87.3 Å². The first-order valence-corrected chi connectivity index (χ1v) is 4.93. The quantitative estimate of drug-likeness (QED) is 0.480. The van der Waals surface area contributed by atoms with E-state index in [1.807, 2.05) is 36.4 Å². The fraction of sp³-hybridized carbons (Fsp3) is 0.250. The molecule has 0 aromatic heterocycles. The summed E-state index contributed by atoms with van der Waals surface area (Å²) in [7, 11) is 3.43. The molecule has 0 heterocycles. The van der Waals surface area contributed by atoms with E-state index in [2.05, 4.69) is 0 Å². The van der Waals surface area contributed by atoms with Crippen molar-refractivity contribution in [1.29, 1.82) is 0 Å². The van der Waals surface area contributed by atoms with Gasteiger partial charge in [0.1, 0.15) is 0 Å². The minimum absolute atomic E-state index is 0. The van der Waals surface area contributed by atoms with Crippen molar-refractivity contribution in [3.8, 4) is 0 Å². The molecule has 0 aliphatic rings. The topological polar surface area (TPSA) is 121 Å². The second-order valence-electron chi connectivity index (χ2n) is 2.98. The average Bonchev–Trinajstić information content (AvgIpc) is 2.32. The Morgan fingerprint density at radius 2 is 1.20 bits per heavy atom. The molecule has 20 heavy (non-hydrogen) atoms. The first-order chi connectivity index (χ1) is 8.95. The first-order valence-electron chi connectivity index (χ1n) is 4.93. The molecule has 0 saturated heterocycles. The summed E-state index contributed by atoms with van der Waals surface area (Å²) >= 11 is 0. The van der Waals surface area contributed by atoms with Gasteiger partial charge < -0.3 is 24.9 Å². The number of hydrogen-bond acceptors (Lipinski definition) is 6. The van der Waals surface area contributed by atoms with Crippen LogP contribution in [0.5, 0.6) is 0 Å². The van der Waals surface area contributed by atoms with Crippen LogP contribution in [0.25, 0.3) is 0 Å². The minimum Gasteiger partial charge on any atom is -0.554 e. The number of carboxylic acid groups (broad SMARTS) is 3. The standard InChI is InChI=1S/C6H6.C4H9NO2.2CH2O2.Ca/c1-2-4-6-5-3-1;1-5(2)3-4(6)7;2*2-1-3;/h1-6H;3H2,1-2H3,(H,6,7);2*1H,(H,2,3);/q;;;;+2/p-2. The van der Waals surface area contributed by atoms with E-state index in [1.165, 1.54) is 0 Å². The Balaban J connectivity index is -0.0000000900. The van der Waals surface area contributed by atoms with Crippen molar-refractivity contribution in [2.45, 2.75) is 0 Å². The van der Waals surface area contributed by atoms with E-state index in [0.29, 0.717) is 0 Å². The van der Waals surface area contributed by atoms with Crippen molar-refractivity contribution < 1.29 is 29.7 Å². The van der Waals surface area contributed by atoms with Crippen LogP contribution in [0.1, 0.15) is 0 Å². The van der Waals surface area contributed by atoms with Gasteiger partial charge in [-0.05, 0) is 14.1 Å². The molecule has 0 aliphatic heterocycles. The van der Waals surface area contributed by atoms with Gasteiger partial charge in [0.05, 0.1) is 6.54 Å². The van der Waals surface area contributed by atoms with Crippen molar-refractivity contribution in [3.63, 3.8) is 0 Å². The molecule has 7 nitrogen and oxygen atoms in total. The Labute approximate surface area is 147 Å². The van der Waals surface area contributed by atoms with Crippen LogP contribution in [0.15, 0.2) is 36.4 Å². The maximum atomic E-state index is 9.77. The number of carbonyl (C=O) groups is 3. The number of nitrogens with zero attached hydrogens (tertiary/aromatic N) is 1. The third kappa shape index (κ3) is 54.0. The number of benzene rings is 1. The van der Waals surface area contributed by atoms with Gasteiger partial charge in [0.25, 0.3) is 0 Å². The van der Waals surface area contributed by atoms with Crippen LogP contribution >= 0.6 is 0 Å². The number of hydrogen-bond donors (Lipinski definition) is 1. The molecular weight excluding hydrogens is 294 g/mol. The van der Waals surface area contributed by atoms with Crippen molar-refractivity contribution in [2.24, 2.45) is 0 Å². The van der Waals surface area contributed by atoms with E-state index in [9.17, 15) is 4.79 Å². The van der Waals surface area contributed by atoms with E-state index >= 15 is 0 Å². The van der Waals surface area contributed by atoms with Crippen molar-refractivity contribution in [3.05, 3.63) is 36.4 Å². The summed E-state index contributed by atoms with van der Waals surface area (Å²) in [4.78, 5) is 27.9. The summed E-state index contributed by atoms with van der Waals surface area (Å²) in [5, 5.41) is 24.5. The number of rotatable bonds is 2. The molecule has 108 valence electrons. The molecule has 0 atom stereocenters. The molecule has 1 rings (SSSR count). The molecule has 0 amide bonds. The van der Waals surface area contributed by atoms with Gasteiger partial charge in [0.15, 0.2) is 0 Å². The number of aliphatic carboxylic acids is 1. The zero-order valence-electron chi connectivity index (χ0n) is 11.5. The maximum absolute atomic E-state index is 9.77. The smallest absolute Gasteiger partial charge is 0.554 e. The van der Waals surface area contributed by atoms with Crippen LogP contribution in [0.3, 0.4) is 0 Å². The molecule has 0 bridgehead atoms. The van der Waals surface area contributed by atoms with Gasteiger partial charge in [-0.25, -0.2) is 0 Å². The fourth-order valence-electron chi connectivity index (χ4n) is 0.655. The molecule has 1 aromatic rings. The maximum Gasteiger partial charge on any atom is 2.00 e. The van der Waals surface area contributed by atoms with E-state index in [1.54, 1.807) is 19.0 Å². The van der Waals surface area contributed by atoms with Gasteiger partial charge in [-0.1, -0.05) is 36.4 Å². The molecule has 0 radical (unpaired) electrons. The largest absolute Gasteiger partial charge is 2.00 e. The van der Waals surface area contributed by atoms with Gasteiger partial charge in [0.2, 0.25) is 0 Å². The number of likely N-dealkylation sites (N-methyl/N-ethyl adjacent to an activating group) is 1. The zero-order valence-corrected chi connectivity index (χ0v) is 13.7. The minimum atomic E-state index is -0.787. The molecule has 8 heteroatoms. The third-order valence-electron chi connectivity index (χ3n) is 1.12. The zero-order chi connectivity index (χ0) is 15.5. The summed E-state index contributed by atoms with van der Waals surface area (Å²) in [5.74, 6) is -0.787. The normalized spacial score (nSPS) is 6.95. The molecule has 0 fully saturated rings. The SMILES string of the molecule is CN(C)CC(=O)O.O=C[O-].O=C[O-].[Ca+2].c1ccccc1. The van der Waals surface area contributed by atoms with E-state index in [4.69, 9.17) is 24.9 Å². The van der Waals surface area contributed by atoms with Gasteiger partial charge in [-0.15, -0.1) is 0 Å². The van der Waals surface area contributed by atoms with Gasteiger partial charge in [-0.2, -0.15) is 0 Å². The molecule has 0 saturated carbocycles. The predicted octanol–water partition coefficient (Wildman–Crippen LogP) is -2.33. The summed E-state index contributed by atoms with van der Waals surface area (Å²) in [6.07, 6.45) is 0. The summed E-state index contributed by atoms with van der Waals surface area (Å²) in [6, 6.07) is 12.0. The average molecular weight is 311 g/mol. The molecule has 0 unspecified atom stereocenters. The summed E-state index contributed by atoms with van der Waals surface area (Å²) in [6.45, 7) is -0.889. The van der Waals surface area contributed by atoms with Crippen molar-refractivity contribution >= 4 is 56.7 Å². The number of carbonyl (C=O) groups excluding carboxylic acids is 2. The Morgan fingerprint density at radius 3 is 1.25 bits per heavy atom. The first kappa shape index (κ1) is 27.2. The van der Waals surface area contributed by atoms with Gasteiger partial charge in [0, 0.05) is 12.9 Å². The molecule has 1 aromatic carbocycles. The monoisotopic (exact) mass is 311 g/mol. The van der Waals surface area contributed by atoms with Gasteiger partial charge >= 0.3 is 43.7 Å². The van der Waals surface area contributed by atoms with E-state index in [0.717, 1.165) is 0 Å². The van der Waals surface area contributed by atoms with Crippen molar-refractivity contribution in [2.75, 3.05) is 20.6 Å². The molecule has 0 spiro atoms. The summed E-state index contributed by atoms with van der Waals surface area (Å²) in [5.41, 5.74) is 0. The van der Waals surface area contributed by atoms with E-state index in [-0.39, 0.29) is 44.3 Å². The van der Waals surface area contributed by atoms with Crippen molar-refractivity contribution in [1.82, 2.24) is 4.90 Å².